The summed E-state index contributed by atoms with van der Waals surface area (Å²) >= 11 is 0. The molecule has 1 saturated heterocycles. The second kappa shape index (κ2) is 6.21. The number of nitrogens with two attached hydrogens (primary N) is 1. The molecule has 1 atom stereocenters. The standard InChI is InChI=1S/C14H16N2O4/c15-14(19)12-9-20-8-7-16(12)11-4-2-1-3-10(11)5-6-13(17)18/h1-6,12H,7-9H2,(H2,15,19)(H,17,18)/b6-5+. The normalized spacial score (nSPS) is 19.2. The zero-order valence-electron chi connectivity index (χ0n) is 10.9. The third-order valence-electron chi connectivity index (χ3n) is 3.11. The third kappa shape index (κ3) is 3.16. The smallest absolute Gasteiger partial charge is 0.328 e. The van der Waals surface area contributed by atoms with Crippen LogP contribution in [0.15, 0.2) is 30.3 Å². The number of morpholine rings is 1. The number of ether oxygens (including phenoxy) is 1. The van der Waals surface area contributed by atoms with E-state index in [1.165, 1.54) is 6.08 Å². The molecule has 0 bridgehead atoms. The van der Waals surface area contributed by atoms with Crippen molar-refractivity contribution < 1.29 is 19.4 Å². The van der Waals surface area contributed by atoms with Crippen molar-refractivity contribution in [3.05, 3.63) is 35.9 Å². The summed E-state index contributed by atoms with van der Waals surface area (Å²) in [6, 6.07) is 6.74. The van der Waals surface area contributed by atoms with Gasteiger partial charge in [-0.1, -0.05) is 18.2 Å². The highest BCUT2D eigenvalue weighted by Gasteiger charge is 2.28. The number of carboxylic acid groups (broad SMARTS) is 1. The fourth-order valence-corrected chi connectivity index (χ4v) is 2.18. The maximum absolute atomic E-state index is 11.5. The van der Waals surface area contributed by atoms with Gasteiger partial charge in [0.15, 0.2) is 0 Å². The number of carbonyl (C=O) groups is 2. The van der Waals surface area contributed by atoms with Crippen LogP contribution in [0.5, 0.6) is 0 Å². The summed E-state index contributed by atoms with van der Waals surface area (Å²) in [5.41, 5.74) is 6.89. The molecule has 1 heterocycles. The van der Waals surface area contributed by atoms with Gasteiger partial charge in [0.05, 0.1) is 13.2 Å². The molecule has 20 heavy (non-hydrogen) atoms. The largest absolute Gasteiger partial charge is 0.478 e. The number of benzene rings is 1. The van der Waals surface area contributed by atoms with Gasteiger partial charge < -0.3 is 20.5 Å². The van der Waals surface area contributed by atoms with Crippen LogP contribution < -0.4 is 10.6 Å². The number of para-hydroxylation sites is 1. The number of amides is 1. The van der Waals surface area contributed by atoms with Gasteiger partial charge in [0, 0.05) is 18.3 Å². The molecular formula is C14H16N2O4. The fourth-order valence-electron chi connectivity index (χ4n) is 2.18. The van der Waals surface area contributed by atoms with Gasteiger partial charge >= 0.3 is 5.97 Å². The van der Waals surface area contributed by atoms with E-state index in [-0.39, 0.29) is 6.61 Å². The van der Waals surface area contributed by atoms with Crippen molar-refractivity contribution in [2.75, 3.05) is 24.7 Å². The van der Waals surface area contributed by atoms with Gasteiger partial charge in [-0.2, -0.15) is 0 Å². The Balaban J connectivity index is 2.35. The number of nitrogens with zero attached hydrogens (tertiary/aromatic N) is 1. The summed E-state index contributed by atoms with van der Waals surface area (Å²) in [4.78, 5) is 24.0. The van der Waals surface area contributed by atoms with Crippen molar-refractivity contribution >= 4 is 23.6 Å². The highest BCUT2D eigenvalue weighted by Crippen LogP contribution is 2.25. The minimum Gasteiger partial charge on any atom is -0.478 e. The van der Waals surface area contributed by atoms with Crippen LogP contribution in [-0.4, -0.2) is 42.8 Å². The Morgan fingerprint density at radius 3 is 2.85 bits per heavy atom. The number of aliphatic carboxylic acids is 1. The van der Waals surface area contributed by atoms with Gasteiger partial charge in [-0.15, -0.1) is 0 Å². The number of hydrogen-bond donors (Lipinski definition) is 2. The van der Waals surface area contributed by atoms with Crippen molar-refractivity contribution in [1.82, 2.24) is 0 Å². The van der Waals surface area contributed by atoms with E-state index < -0.39 is 17.9 Å². The molecular weight excluding hydrogens is 260 g/mol. The second-order valence-corrected chi connectivity index (χ2v) is 4.42. The van der Waals surface area contributed by atoms with Crippen molar-refractivity contribution in [3.63, 3.8) is 0 Å². The van der Waals surface area contributed by atoms with E-state index in [4.69, 9.17) is 15.6 Å². The molecule has 3 N–H and O–H groups in total. The number of carboxylic acids is 1. The lowest BCUT2D eigenvalue weighted by Gasteiger charge is -2.36. The molecule has 0 radical (unpaired) electrons. The summed E-state index contributed by atoms with van der Waals surface area (Å²) in [7, 11) is 0. The van der Waals surface area contributed by atoms with Gasteiger partial charge in [-0.05, 0) is 17.7 Å². The molecule has 1 amide bonds. The Hall–Kier alpha value is -2.34. The molecule has 1 aliphatic rings. The maximum atomic E-state index is 11.5. The zero-order chi connectivity index (χ0) is 14.5. The SMILES string of the molecule is NC(=O)C1COCCN1c1ccccc1/C=C/C(=O)O. The van der Waals surface area contributed by atoms with Gasteiger partial charge in [0.1, 0.15) is 6.04 Å². The average Bonchev–Trinajstić information content (AvgIpc) is 2.45. The van der Waals surface area contributed by atoms with Crippen LogP contribution in [0.2, 0.25) is 0 Å². The Bertz CT molecular complexity index is 542. The molecule has 0 spiro atoms. The molecule has 106 valence electrons. The number of anilines is 1. The molecule has 0 saturated carbocycles. The molecule has 1 aromatic rings. The van der Waals surface area contributed by atoms with E-state index in [1.54, 1.807) is 6.07 Å². The quantitative estimate of drug-likeness (QED) is 0.780. The lowest BCUT2D eigenvalue weighted by Crippen LogP contribution is -2.52. The van der Waals surface area contributed by atoms with E-state index in [2.05, 4.69) is 0 Å². The Morgan fingerprint density at radius 1 is 1.40 bits per heavy atom. The first-order valence-corrected chi connectivity index (χ1v) is 6.23. The van der Waals surface area contributed by atoms with Gasteiger partial charge in [-0.3, -0.25) is 4.79 Å². The molecule has 1 aliphatic heterocycles. The molecule has 0 aliphatic carbocycles. The molecule has 1 unspecified atom stereocenters. The van der Waals surface area contributed by atoms with E-state index in [0.29, 0.717) is 13.2 Å². The summed E-state index contributed by atoms with van der Waals surface area (Å²) in [5.74, 6) is -1.48. The minimum atomic E-state index is -1.02. The molecule has 2 rings (SSSR count). The summed E-state index contributed by atoms with van der Waals surface area (Å²) in [6.45, 7) is 1.28. The summed E-state index contributed by atoms with van der Waals surface area (Å²) < 4.78 is 5.28. The van der Waals surface area contributed by atoms with Crippen LogP contribution >= 0.6 is 0 Å². The second-order valence-electron chi connectivity index (χ2n) is 4.42. The van der Waals surface area contributed by atoms with E-state index in [1.807, 2.05) is 23.1 Å². The molecule has 1 aromatic carbocycles. The summed E-state index contributed by atoms with van der Waals surface area (Å²) in [5, 5.41) is 8.72. The molecule has 6 heteroatoms. The van der Waals surface area contributed by atoms with Gasteiger partial charge in [0.25, 0.3) is 0 Å². The zero-order valence-corrected chi connectivity index (χ0v) is 10.9. The van der Waals surface area contributed by atoms with Crippen molar-refractivity contribution in [2.24, 2.45) is 5.73 Å². The Morgan fingerprint density at radius 2 is 2.15 bits per heavy atom. The highest BCUT2D eigenvalue weighted by molar-refractivity contribution is 5.88. The first-order valence-electron chi connectivity index (χ1n) is 6.23. The van der Waals surface area contributed by atoms with E-state index >= 15 is 0 Å². The Kier molecular flexibility index (Phi) is 4.37. The number of rotatable bonds is 4. The maximum Gasteiger partial charge on any atom is 0.328 e. The van der Waals surface area contributed by atoms with Crippen molar-refractivity contribution in [3.8, 4) is 0 Å². The monoisotopic (exact) mass is 276 g/mol. The highest BCUT2D eigenvalue weighted by atomic mass is 16.5. The topological polar surface area (TPSA) is 92.9 Å². The van der Waals surface area contributed by atoms with Gasteiger partial charge in [-0.25, -0.2) is 4.79 Å². The van der Waals surface area contributed by atoms with Crippen LogP contribution in [0.1, 0.15) is 5.56 Å². The first-order chi connectivity index (χ1) is 9.59. The number of primary amides is 1. The van der Waals surface area contributed by atoms with Crippen LogP contribution in [-0.2, 0) is 14.3 Å². The van der Waals surface area contributed by atoms with Crippen molar-refractivity contribution in [1.29, 1.82) is 0 Å². The van der Waals surface area contributed by atoms with Crippen LogP contribution in [0.4, 0.5) is 5.69 Å². The first kappa shape index (κ1) is 14.1. The molecule has 0 aromatic heterocycles. The third-order valence-corrected chi connectivity index (χ3v) is 3.11. The average molecular weight is 276 g/mol. The predicted molar refractivity (Wildman–Crippen MR) is 74.3 cm³/mol. The number of hydrogen-bond acceptors (Lipinski definition) is 4. The number of carbonyl (C=O) groups excluding carboxylic acids is 1. The molecule has 6 nitrogen and oxygen atoms in total. The van der Waals surface area contributed by atoms with E-state index in [0.717, 1.165) is 17.3 Å². The summed E-state index contributed by atoms with van der Waals surface area (Å²) in [6.07, 6.45) is 2.57. The van der Waals surface area contributed by atoms with E-state index in [9.17, 15) is 9.59 Å². The van der Waals surface area contributed by atoms with Crippen molar-refractivity contribution in [2.45, 2.75) is 6.04 Å². The Labute approximate surface area is 116 Å². The fraction of sp³-hybridized carbons (Fsp3) is 0.286. The van der Waals surface area contributed by atoms with Crippen LogP contribution in [0.3, 0.4) is 0 Å². The minimum absolute atomic E-state index is 0.242. The predicted octanol–water partition coefficient (Wildman–Crippen LogP) is 0.475. The van der Waals surface area contributed by atoms with Gasteiger partial charge in [0.2, 0.25) is 5.91 Å². The molecule has 1 fully saturated rings. The lowest BCUT2D eigenvalue weighted by atomic mass is 10.1. The lowest BCUT2D eigenvalue weighted by molar-refractivity contribution is -0.131. The van der Waals surface area contributed by atoms with Crippen LogP contribution in [0.25, 0.3) is 6.08 Å². The van der Waals surface area contributed by atoms with Crippen LogP contribution in [0, 0.1) is 0 Å².